The van der Waals surface area contributed by atoms with Gasteiger partial charge in [-0.1, -0.05) is 26.8 Å². The fraction of sp³-hybridized carbons (Fsp3) is 0.500. The van der Waals surface area contributed by atoms with Crippen LogP contribution in [0.2, 0.25) is 0 Å². The molecule has 0 aromatic heterocycles. The maximum atomic E-state index is 13.4. The van der Waals surface area contributed by atoms with E-state index in [2.05, 4.69) is 0 Å². The Balaban J connectivity index is 2.87. The second kappa shape index (κ2) is 4.48. The van der Waals surface area contributed by atoms with E-state index in [0.29, 0.717) is 12.0 Å². The number of halogens is 3. The topological polar surface area (TPSA) is 0 Å². The first-order valence-electron chi connectivity index (χ1n) is 4.88. The SMILES string of the molecule is CC(C)(C)CC(Cl)c1ccc(F)cc1F. The van der Waals surface area contributed by atoms with E-state index in [9.17, 15) is 8.78 Å². The lowest BCUT2D eigenvalue weighted by Crippen LogP contribution is -2.09. The van der Waals surface area contributed by atoms with Crippen LogP contribution in [-0.4, -0.2) is 0 Å². The van der Waals surface area contributed by atoms with Gasteiger partial charge < -0.3 is 0 Å². The fourth-order valence-electron chi connectivity index (χ4n) is 1.40. The first-order chi connectivity index (χ1) is 6.79. The van der Waals surface area contributed by atoms with Crippen molar-refractivity contribution in [2.45, 2.75) is 32.6 Å². The predicted octanol–water partition coefficient (Wildman–Crippen LogP) is 4.68. The highest BCUT2D eigenvalue weighted by molar-refractivity contribution is 6.20. The third-order valence-electron chi connectivity index (χ3n) is 2.09. The van der Waals surface area contributed by atoms with E-state index < -0.39 is 17.0 Å². The molecule has 1 aromatic carbocycles. The molecule has 0 radical (unpaired) electrons. The molecule has 1 rings (SSSR count). The zero-order valence-electron chi connectivity index (χ0n) is 9.15. The smallest absolute Gasteiger partial charge is 0.130 e. The Morgan fingerprint density at radius 1 is 1.27 bits per heavy atom. The zero-order valence-corrected chi connectivity index (χ0v) is 9.91. The number of alkyl halides is 1. The fourth-order valence-corrected chi connectivity index (χ4v) is 2.04. The molecular weight excluding hydrogens is 218 g/mol. The molecule has 1 atom stereocenters. The number of hydrogen-bond donors (Lipinski definition) is 0. The summed E-state index contributed by atoms with van der Waals surface area (Å²) >= 11 is 6.09. The van der Waals surface area contributed by atoms with E-state index in [1.54, 1.807) is 0 Å². The first-order valence-corrected chi connectivity index (χ1v) is 5.32. The van der Waals surface area contributed by atoms with Crippen LogP contribution in [0.3, 0.4) is 0 Å². The Kier molecular flexibility index (Phi) is 3.72. The van der Waals surface area contributed by atoms with Gasteiger partial charge in [-0.2, -0.15) is 0 Å². The summed E-state index contributed by atoms with van der Waals surface area (Å²) in [5, 5.41) is -0.411. The molecule has 0 spiro atoms. The van der Waals surface area contributed by atoms with Gasteiger partial charge >= 0.3 is 0 Å². The Bertz CT molecular complexity index is 342. The van der Waals surface area contributed by atoms with Crippen molar-refractivity contribution in [3.63, 3.8) is 0 Å². The highest BCUT2D eigenvalue weighted by Crippen LogP contribution is 2.35. The Morgan fingerprint density at radius 2 is 1.87 bits per heavy atom. The molecular formula is C12H15ClF2. The van der Waals surface area contributed by atoms with E-state index in [-0.39, 0.29) is 5.41 Å². The van der Waals surface area contributed by atoms with Gasteiger partial charge in [0.1, 0.15) is 11.6 Å². The lowest BCUT2D eigenvalue weighted by molar-refractivity contribution is 0.369. The van der Waals surface area contributed by atoms with Crippen molar-refractivity contribution in [2.24, 2.45) is 5.41 Å². The van der Waals surface area contributed by atoms with Crippen LogP contribution in [0.25, 0.3) is 0 Å². The number of hydrogen-bond acceptors (Lipinski definition) is 0. The van der Waals surface area contributed by atoms with E-state index >= 15 is 0 Å². The van der Waals surface area contributed by atoms with Crippen LogP contribution >= 0.6 is 11.6 Å². The van der Waals surface area contributed by atoms with Crippen LogP contribution in [0.1, 0.15) is 38.1 Å². The molecule has 0 saturated carbocycles. The van der Waals surface area contributed by atoms with Crippen LogP contribution in [0.4, 0.5) is 8.78 Å². The summed E-state index contributed by atoms with van der Waals surface area (Å²) in [6.45, 7) is 6.09. The number of benzene rings is 1. The molecule has 0 N–H and O–H groups in total. The summed E-state index contributed by atoms with van der Waals surface area (Å²) in [6.07, 6.45) is 0.650. The van der Waals surface area contributed by atoms with E-state index in [1.807, 2.05) is 20.8 Å². The molecule has 3 heteroatoms. The third-order valence-corrected chi connectivity index (χ3v) is 2.48. The predicted molar refractivity (Wildman–Crippen MR) is 59.0 cm³/mol. The second-order valence-electron chi connectivity index (χ2n) is 4.90. The van der Waals surface area contributed by atoms with Crippen molar-refractivity contribution >= 4 is 11.6 Å². The standard InChI is InChI=1S/C12H15ClF2/c1-12(2,3)7-10(13)9-5-4-8(14)6-11(9)15/h4-6,10H,7H2,1-3H3. The minimum absolute atomic E-state index is 0.0211. The second-order valence-corrected chi connectivity index (χ2v) is 5.42. The monoisotopic (exact) mass is 232 g/mol. The lowest BCUT2D eigenvalue weighted by Gasteiger charge is -2.22. The van der Waals surface area contributed by atoms with Gasteiger partial charge in [-0.25, -0.2) is 8.78 Å². The van der Waals surface area contributed by atoms with Gasteiger partial charge in [-0.05, 0) is 17.9 Å². The average Bonchev–Trinajstić information content (AvgIpc) is 1.99. The molecule has 0 aliphatic rings. The van der Waals surface area contributed by atoms with Gasteiger partial charge in [0.15, 0.2) is 0 Å². The summed E-state index contributed by atoms with van der Waals surface area (Å²) in [4.78, 5) is 0. The molecule has 0 amide bonds. The minimum Gasteiger partial charge on any atom is -0.207 e. The molecule has 0 fully saturated rings. The van der Waals surface area contributed by atoms with Gasteiger partial charge in [-0.15, -0.1) is 11.6 Å². The molecule has 0 saturated heterocycles. The van der Waals surface area contributed by atoms with Gasteiger partial charge in [0, 0.05) is 11.6 Å². The van der Waals surface area contributed by atoms with Crippen LogP contribution in [0.5, 0.6) is 0 Å². The normalized spacial score (nSPS) is 14.0. The van der Waals surface area contributed by atoms with Gasteiger partial charge in [-0.3, -0.25) is 0 Å². The quantitative estimate of drug-likeness (QED) is 0.650. The molecule has 0 aliphatic heterocycles. The number of rotatable bonds is 2. The van der Waals surface area contributed by atoms with E-state index in [1.165, 1.54) is 12.1 Å². The van der Waals surface area contributed by atoms with Crippen molar-refractivity contribution < 1.29 is 8.78 Å². The summed E-state index contributed by atoms with van der Waals surface area (Å²) in [6, 6.07) is 3.51. The van der Waals surface area contributed by atoms with Gasteiger partial charge in [0.25, 0.3) is 0 Å². The van der Waals surface area contributed by atoms with Crippen molar-refractivity contribution in [3.8, 4) is 0 Å². The van der Waals surface area contributed by atoms with Crippen LogP contribution in [-0.2, 0) is 0 Å². The molecule has 1 unspecified atom stereocenters. The third kappa shape index (κ3) is 3.78. The first kappa shape index (κ1) is 12.4. The lowest BCUT2D eigenvalue weighted by atomic mass is 9.88. The molecule has 0 heterocycles. The summed E-state index contributed by atoms with van der Waals surface area (Å²) in [5.41, 5.74) is 0.390. The Hall–Kier alpha value is -0.630. The van der Waals surface area contributed by atoms with Crippen molar-refractivity contribution in [1.29, 1.82) is 0 Å². The Labute approximate surface area is 94.3 Å². The van der Waals surface area contributed by atoms with Gasteiger partial charge in [0.05, 0.1) is 5.38 Å². The highest BCUT2D eigenvalue weighted by Gasteiger charge is 2.20. The molecule has 0 nitrogen and oxygen atoms in total. The van der Waals surface area contributed by atoms with Crippen molar-refractivity contribution in [3.05, 3.63) is 35.4 Å². The van der Waals surface area contributed by atoms with Crippen LogP contribution in [0.15, 0.2) is 18.2 Å². The van der Waals surface area contributed by atoms with Crippen LogP contribution in [0, 0.1) is 17.0 Å². The highest BCUT2D eigenvalue weighted by atomic mass is 35.5. The van der Waals surface area contributed by atoms with E-state index in [0.717, 1.165) is 6.07 Å². The maximum Gasteiger partial charge on any atom is 0.130 e. The van der Waals surface area contributed by atoms with Crippen molar-refractivity contribution in [1.82, 2.24) is 0 Å². The summed E-state index contributed by atoms with van der Waals surface area (Å²) < 4.78 is 26.0. The Morgan fingerprint density at radius 3 is 2.33 bits per heavy atom. The largest absolute Gasteiger partial charge is 0.207 e. The van der Waals surface area contributed by atoms with Crippen molar-refractivity contribution in [2.75, 3.05) is 0 Å². The average molecular weight is 233 g/mol. The molecule has 84 valence electrons. The molecule has 0 aliphatic carbocycles. The van der Waals surface area contributed by atoms with Crippen LogP contribution < -0.4 is 0 Å². The molecule has 15 heavy (non-hydrogen) atoms. The summed E-state index contributed by atoms with van der Waals surface area (Å²) in [5.74, 6) is -1.14. The minimum atomic E-state index is -0.573. The maximum absolute atomic E-state index is 13.4. The summed E-state index contributed by atoms with van der Waals surface area (Å²) in [7, 11) is 0. The van der Waals surface area contributed by atoms with Gasteiger partial charge in [0.2, 0.25) is 0 Å². The zero-order chi connectivity index (χ0) is 11.6. The molecule has 1 aromatic rings. The molecule has 0 bridgehead atoms. The van der Waals surface area contributed by atoms with E-state index in [4.69, 9.17) is 11.6 Å².